The monoisotopic (exact) mass is 275 g/mol. The molecule has 0 saturated carbocycles. The van der Waals surface area contributed by atoms with Crippen molar-refractivity contribution in [2.24, 2.45) is 5.14 Å². The molecule has 2 rings (SSSR count). The number of hydrogen-bond acceptors (Lipinski definition) is 5. The van der Waals surface area contributed by atoms with Crippen LogP contribution in [0, 0.1) is 0 Å². The van der Waals surface area contributed by atoms with Crippen molar-refractivity contribution in [3.05, 3.63) is 16.6 Å². The van der Waals surface area contributed by atoms with E-state index in [0.29, 0.717) is 25.1 Å². The number of carbonyl (C=O) groups is 1. The molecule has 94 valence electrons. The minimum absolute atomic E-state index is 0.162. The van der Waals surface area contributed by atoms with Gasteiger partial charge in [0.05, 0.1) is 10.8 Å². The number of nitrogens with zero attached hydrogens (tertiary/aromatic N) is 2. The molecule has 1 aromatic heterocycles. The number of amides is 1. The van der Waals surface area contributed by atoms with Gasteiger partial charge in [-0.2, -0.15) is 0 Å². The highest BCUT2D eigenvalue weighted by Crippen LogP contribution is 2.17. The lowest BCUT2D eigenvalue weighted by Crippen LogP contribution is -2.47. The Morgan fingerprint density at radius 2 is 2.35 bits per heavy atom. The maximum atomic E-state index is 12.0. The fourth-order valence-corrected chi connectivity index (χ4v) is 3.28. The smallest absolute Gasteiger partial charge is 0.273 e. The summed E-state index contributed by atoms with van der Waals surface area (Å²) < 4.78 is 22.5. The van der Waals surface area contributed by atoms with Gasteiger partial charge in [-0.3, -0.25) is 4.79 Å². The molecular formula is C9H13N3O3S2. The van der Waals surface area contributed by atoms with E-state index in [1.807, 2.05) is 0 Å². The van der Waals surface area contributed by atoms with Crippen LogP contribution >= 0.6 is 11.3 Å². The Kier molecular flexibility index (Phi) is 3.45. The van der Waals surface area contributed by atoms with Crippen LogP contribution in [-0.4, -0.2) is 42.5 Å². The van der Waals surface area contributed by atoms with Gasteiger partial charge in [-0.25, -0.2) is 18.5 Å². The first-order valence-corrected chi connectivity index (χ1v) is 7.73. The average Bonchev–Trinajstić information content (AvgIpc) is 2.80. The summed E-state index contributed by atoms with van der Waals surface area (Å²) in [6, 6.07) is 0. The molecule has 1 unspecified atom stereocenters. The lowest BCUT2D eigenvalue weighted by atomic mass is 10.1. The number of thiazole rings is 1. The third kappa shape index (κ3) is 2.82. The molecule has 0 aliphatic carbocycles. The second-order valence-electron chi connectivity index (χ2n) is 3.98. The number of rotatable bonds is 2. The van der Waals surface area contributed by atoms with E-state index in [0.717, 1.165) is 0 Å². The van der Waals surface area contributed by atoms with Crippen LogP contribution in [0.5, 0.6) is 0 Å². The van der Waals surface area contributed by atoms with E-state index < -0.39 is 15.3 Å². The van der Waals surface area contributed by atoms with Gasteiger partial charge in [-0.1, -0.05) is 0 Å². The number of piperidine rings is 1. The Morgan fingerprint density at radius 1 is 1.59 bits per heavy atom. The predicted molar refractivity (Wildman–Crippen MR) is 64.1 cm³/mol. The Hall–Kier alpha value is -0.990. The van der Waals surface area contributed by atoms with Crippen LogP contribution in [0.3, 0.4) is 0 Å². The van der Waals surface area contributed by atoms with Crippen molar-refractivity contribution in [3.63, 3.8) is 0 Å². The topological polar surface area (TPSA) is 93.4 Å². The maximum Gasteiger partial charge on any atom is 0.273 e. The van der Waals surface area contributed by atoms with E-state index >= 15 is 0 Å². The van der Waals surface area contributed by atoms with Gasteiger partial charge in [0.2, 0.25) is 10.0 Å². The van der Waals surface area contributed by atoms with Crippen LogP contribution in [0.25, 0.3) is 0 Å². The Bertz CT molecular complexity index is 498. The largest absolute Gasteiger partial charge is 0.336 e. The van der Waals surface area contributed by atoms with Crippen LogP contribution in [0.1, 0.15) is 23.3 Å². The summed E-state index contributed by atoms with van der Waals surface area (Å²) in [5.41, 5.74) is 1.94. The highest BCUT2D eigenvalue weighted by Gasteiger charge is 2.31. The summed E-state index contributed by atoms with van der Waals surface area (Å²) >= 11 is 1.34. The zero-order valence-electron chi connectivity index (χ0n) is 9.07. The second kappa shape index (κ2) is 4.71. The molecule has 0 radical (unpaired) electrons. The summed E-state index contributed by atoms with van der Waals surface area (Å²) in [5, 5.41) is 6.11. The van der Waals surface area contributed by atoms with Crippen molar-refractivity contribution in [2.75, 3.05) is 13.1 Å². The van der Waals surface area contributed by atoms with Crippen molar-refractivity contribution >= 4 is 27.3 Å². The summed E-state index contributed by atoms with van der Waals surface area (Å²) in [6.07, 6.45) is 1.16. The van der Waals surface area contributed by atoms with E-state index in [-0.39, 0.29) is 12.5 Å². The molecular weight excluding hydrogens is 262 g/mol. The minimum Gasteiger partial charge on any atom is -0.336 e. The summed E-state index contributed by atoms with van der Waals surface area (Å²) in [7, 11) is -3.57. The van der Waals surface area contributed by atoms with Gasteiger partial charge in [-0.05, 0) is 12.8 Å². The van der Waals surface area contributed by atoms with Gasteiger partial charge in [0.15, 0.2) is 0 Å². The number of nitrogens with two attached hydrogens (primary N) is 1. The lowest BCUT2D eigenvalue weighted by Gasteiger charge is -2.30. The molecule has 8 heteroatoms. The first-order valence-electron chi connectivity index (χ1n) is 5.17. The van der Waals surface area contributed by atoms with Crippen molar-refractivity contribution < 1.29 is 13.2 Å². The summed E-state index contributed by atoms with van der Waals surface area (Å²) in [4.78, 5) is 17.4. The van der Waals surface area contributed by atoms with E-state index in [1.54, 1.807) is 10.9 Å². The van der Waals surface area contributed by atoms with Crippen LogP contribution < -0.4 is 5.14 Å². The van der Waals surface area contributed by atoms with E-state index in [2.05, 4.69) is 4.98 Å². The number of carbonyl (C=O) groups excluding carboxylic acids is 1. The van der Waals surface area contributed by atoms with Gasteiger partial charge in [0.1, 0.15) is 5.69 Å². The van der Waals surface area contributed by atoms with Gasteiger partial charge >= 0.3 is 0 Å². The Balaban J connectivity index is 2.10. The molecule has 0 bridgehead atoms. The van der Waals surface area contributed by atoms with E-state index in [1.165, 1.54) is 16.2 Å². The Morgan fingerprint density at radius 3 is 2.94 bits per heavy atom. The molecule has 1 aliphatic rings. The standard InChI is InChI=1S/C9H13N3O3S2/c10-17(14,15)7-2-1-3-12(4-7)9(13)8-5-16-6-11-8/h5-7H,1-4H2,(H2,10,14,15). The fourth-order valence-electron chi connectivity index (χ4n) is 1.87. The molecule has 0 spiro atoms. The Labute approximate surface area is 103 Å². The molecule has 1 amide bonds. The highest BCUT2D eigenvalue weighted by atomic mass is 32.2. The minimum atomic E-state index is -3.57. The summed E-state index contributed by atoms with van der Waals surface area (Å²) in [6.45, 7) is 0.720. The van der Waals surface area contributed by atoms with Crippen LogP contribution in [0.2, 0.25) is 0 Å². The van der Waals surface area contributed by atoms with Gasteiger partial charge < -0.3 is 4.90 Å². The van der Waals surface area contributed by atoms with Gasteiger partial charge in [0.25, 0.3) is 5.91 Å². The van der Waals surface area contributed by atoms with Crippen molar-refractivity contribution in [1.29, 1.82) is 0 Å². The quantitative estimate of drug-likeness (QED) is 0.824. The fraction of sp³-hybridized carbons (Fsp3) is 0.556. The molecule has 1 atom stereocenters. The van der Waals surface area contributed by atoms with E-state index in [9.17, 15) is 13.2 Å². The molecule has 6 nitrogen and oxygen atoms in total. The number of hydrogen-bond donors (Lipinski definition) is 1. The molecule has 0 aromatic carbocycles. The first kappa shape index (κ1) is 12.5. The average molecular weight is 275 g/mol. The maximum absolute atomic E-state index is 12.0. The van der Waals surface area contributed by atoms with Gasteiger partial charge in [-0.15, -0.1) is 11.3 Å². The first-order chi connectivity index (χ1) is 7.98. The van der Waals surface area contributed by atoms with Crippen LogP contribution in [0.15, 0.2) is 10.9 Å². The normalized spacial score (nSPS) is 21.5. The van der Waals surface area contributed by atoms with Crippen molar-refractivity contribution in [1.82, 2.24) is 9.88 Å². The molecule has 2 heterocycles. The number of likely N-dealkylation sites (tertiary alicyclic amines) is 1. The SMILES string of the molecule is NS(=O)(=O)C1CCCN(C(=O)c2cscn2)C1. The molecule has 1 aromatic rings. The van der Waals surface area contributed by atoms with Crippen molar-refractivity contribution in [3.8, 4) is 0 Å². The van der Waals surface area contributed by atoms with Crippen LogP contribution in [-0.2, 0) is 10.0 Å². The zero-order valence-corrected chi connectivity index (χ0v) is 10.7. The molecule has 1 saturated heterocycles. The number of aromatic nitrogens is 1. The van der Waals surface area contributed by atoms with Crippen LogP contribution in [0.4, 0.5) is 0 Å². The third-order valence-corrected chi connectivity index (χ3v) is 4.68. The molecule has 2 N–H and O–H groups in total. The van der Waals surface area contributed by atoms with E-state index in [4.69, 9.17) is 5.14 Å². The zero-order chi connectivity index (χ0) is 12.5. The third-order valence-electron chi connectivity index (χ3n) is 2.78. The predicted octanol–water partition coefficient (Wildman–Crippen LogP) is 0.0362. The lowest BCUT2D eigenvalue weighted by molar-refractivity contribution is 0.0722. The second-order valence-corrected chi connectivity index (χ2v) is 6.54. The molecule has 1 aliphatic heterocycles. The summed E-state index contributed by atoms with van der Waals surface area (Å²) in [5.74, 6) is -0.223. The molecule has 1 fully saturated rings. The highest BCUT2D eigenvalue weighted by molar-refractivity contribution is 7.89. The number of primary sulfonamides is 1. The van der Waals surface area contributed by atoms with Crippen molar-refractivity contribution in [2.45, 2.75) is 18.1 Å². The number of sulfonamides is 1. The molecule has 17 heavy (non-hydrogen) atoms. The van der Waals surface area contributed by atoms with Gasteiger partial charge in [0, 0.05) is 18.5 Å².